The van der Waals surface area contributed by atoms with Crippen LogP contribution in [-0.2, 0) is 28.6 Å². The molecule has 278 valence electrons. The van der Waals surface area contributed by atoms with E-state index in [1.165, 1.54) is 54.6 Å². The van der Waals surface area contributed by atoms with Crippen LogP contribution in [0, 0.1) is 10.8 Å². The third kappa shape index (κ3) is 11.7. The molecule has 0 amide bonds. The first-order chi connectivity index (χ1) is 24.0. The molecule has 3 rings (SSSR count). The quantitative estimate of drug-likeness (QED) is 0.115. The Morgan fingerprint density at radius 2 is 0.808 bits per heavy atom. The molecule has 0 saturated heterocycles. The van der Waals surface area contributed by atoms with Crippen LogP contribution in [0.25, 0.3) is 0 Å². The second-order valence-corrected chi connectivity index (χ2v) is 12.6. The van der Waals surface area contributed by atoms with Crippen molar-refractivity contribution >= 4 is 41.8 Å². The van der Waals surface area contributed by atoms with Crippen LogP contribution >= 0.6 is 0 Å². The molecule has 8 N–H and O–H groups in total. The Kier molecular flexibility index (Phi) is 14.7. The number of nitrogens with two attached hydrogens (primary N) is 2. The van der Waals surface area contributed by atoms with Gasteiger partial charge >= 0.3 is 35.8 Å². The molecule has 0 bridgehead atoms. The summed E-state index contributed by atoms with van der Waals surface area (Å²) >= 11 is 0. The highest BCUT2D eigenvalue weighted by molar-refractivity contribution is 6.05. The molecule has 0 fully saturated rings. The van der Waals surface area contributed by atoms with Gasteiger partial charge in [-0.1, -0.05) is 39.8 Å². The van der Waals surface area contributed by atoms with Crippen LogP contribution in [0.1, 0.15) is 100 Å². The number of hydrogen-bond donors (Lipinski definition) is 3. The molecule has 3 aromatic rings. The van der Waals surface area contributed by atoms with Crippen molar-refractivity contribution in [2.24, 2.45) is 22.6 Å². The molecular formula is C35H39N3O14. The molecule has 0 heterocycles. The van der Waals surface area contributed by atoms with Crippen molar-refractivity contribution in [1.29, 1.82) is 0 Å². The number of carbonyl (C=O) groups is 7. The molecule has 17 heteroatoms. The van der Waals surface area contributed by atoms with Gasteiger partial charge in [0.05, 0.1) is 65.8 Å². The van der Waals surface area contributed by atoms with Crippen LogP contribution in [0.4, 0.5) is 0 Å². The number of carbonyl (C=O) groups excluding carboxylic acids is 7. The van der Waals surface area contributed by atoms with E-state index in [1.54, 1.807) is 27.7 Å². The second-order valence-electron chi connectivity index (χ2n) is 12.6. The lowest BCUT2D eigenvalue weighted by atomic mass is 9.96. The van der Waals surface area contributed by atoms with Gasteiger partial charge in [0.15, 0.2) is 0 Å². The highest BCUT2D eigenvalue weighted by Crippen LogP contribution is 2.22. The normalized spacial score (nSPS) is 10.9. The van der Waals surface area contributed by atoms with E-state index < -0.39 is 52.6 Å². The van der Waals surface area contributed by atoms with E-state index >= 15 is 0 Å². The third-order valence-corrected chi connectivity index (χ3v) is 7.00. The van der Waals surface area contributed by atoms with E-state index in [2.05, 4.69) is 9.68 Å². The number of benzene rings is 3. The minimum Gasteiger partial charge on any atom is -0.545 e. The zero-order valence-electron chi connectivity index (χ0n) is 29.0. The number of aromatic carboxylic acids is 1. The summed E-state index contributed by atoms with van der Waals surface area (Å²) in [5.41, 5.74) is -2.10. The van der Waals surface area contributed by atoms with Gasteiger partial charge in [0.25, 0.3) is 0 Å². The summed E-state index contributed by atoms with van der Waals surface area (Å²) in [5.74, 6) is 3.31. The molecule has 52 heavy (non-hydrogen) atoms. The van der Waals surface area contributed by atoms with Gasteiger partial charge in [-0.25, -0.2) is 28.8 Å². The van der Waals surface area contributed by atoms with Crippen molar-refractivity contribution in [3.8, 4) is 0 Å². The lowest BCUT2D eigenvalue weighted by molar-refractivity contribution is -0.255. The van der Waals surface area contributed by atoms with E-state index in [0.717, 1.165) is 12.1 Å². The van der Waals surface area contributed by atoms with Crippen LogP contribution in [0.3, 0.4) is 0 Å². The fourth-order valence-electron chi connectivity index (χ4n) is 4.09. The van der Waals surface area contributed by atoms with Crippen molar-refractivity contribution in [2.45, 2.75) is 27.7 Å². The Hall–Kier alpha value is -6.17. The fourth-order valence-corrected chi connectivity index (χ4v) is 4.09. The molecule has 17 nitrogen and oxygen atoms in total. The zero-order chi connectivity index (χ0) is 37.9. The highest BCUT2D eigenvalue weighted by atomic mass is 16.7. The lowest BCUT2D eigenvalue weighted by Gasteiger charge is -2.24. The first kappa shape index (κ1) is 42.0. The standard InChI is InChI=1S/C35H36N2O14.H3N/c1-34(2,16-46-28(40)21-7-5-20(6-8-21)27(38)39)17-47-29(41)22-9-11-23(12-10-22)30(42)48-18-35(3,4)19-49-32(44)25-14-13-24(31(43)50-36)15-26(25)33(45)51-37;/h5-15H,16-19,36-37H2,1-4H3,(H,38,39);1H3. The van der Waals surface area contributed by atoms with E-state index in [9.17, 15) is 38.7 Å². The maximum atomic E-state index is 12.8. The molecule has 0 unspecified atom stereocenters. The summed E-state index contributed by atoms with van der Waals surface area (Å²) in [6.45, 7) is 6.08. The molecule has 0 aliphatic rings. The second kappa shape index (κ2) is 18.2. The highest BCUT2D eigenvalue weighted by Gasteiger charge is 2.27. The van der Waals surface area contributed by atoms with Crippen LogP contribution in [0.15, 0.2) is 66.7 Å². The Morgan fingerprint density at radius 3 is 1.15 bits per heavy atom. The minimum absolute atomic E-state index is 0. The van der Waals surface area contributed by atoms with Gasteiger partial charge in [0, 0.05) is 10.8 Å². The first-order valence-electron chi connectivity index (χ1n) is 15.0. The average molecular weight is 726 g/mol. The third-order valence-electron chi connectivity index (χ3n) is 7.00. The van der Waals surface area contributed by atoms with Crippen LogP contribution < -0.4 is 23.1 Å². The predicted octanol–water partition coefficient (Wildman–Crippen LogP) is 2.57. The van der Waals surface area contributed by atoms with Gasteiger partial charge in [-0.15, -0.1) is 0 Å². The number of rotatable bonds is 15. The molecule has 0 spiro atoms. The molecule has 0 aliphatic carbocycles. The van der Waals surface area contributed by atoms with E-state index in [4.69, 9.17) is 30.7 Å². The number of hydrogen-bond acceptors (Lipinski definition) is 16. The minimum atomic E-state index is -1.37. The van der Waals surface area contributed by atoms with Gasteiger partial charge in [0.2, 0.25) is 0 Å². The maximum Gasteiger partial charge on any atom is 0.357 e. The Morgan fingerprint density at radius 1 is 0.481 bits per heavy atom. The van der Waals surface area contributed by atoms with Gasteiger partial charge in [0.1, 0.15) is 0 Å². The largest absolute Gasteiger partial charge is 0.545 e. The van der Waals surface area contributed by atoms with E-state index in [-0.39, 0.29) is 71.5 Å². The maximum absolute atomic E-state index is 12.8. The summed E-state index contributed by atoms with van der Waals surface area (Å²) in [6.07, 6.45) is 0. The van der Waals surface area contributed by atoms with Crippen molar-refractivity contribution in [2.75, 3.05) is 26.4 Å². The van der Waals surface area contributed by atoms with Crippen molar-refractivity contribution in [3.63, 3.8) is 0 Å². The molecule has 3 aromatic carbocycles. The summed E-state index contributed by atoms with van der Waals surface area (Å²) in [7, 11) is 0. The molecule has 0 saturated carbocycles. The van der Waals surface area contributed by atoms with Gasteiger partial charge in [-0.3, -0.25) is 0 Å². The lowest BCUT2D eigenvalue weighted by Crippen LogP contribution is -2.29. The number of ether oxygens (including phenoxy) is 4. The smallest absolute Gasteiger partial charge is 0.357 e. The predicted molar refractivity (Wildman–Crippen MR) is 178 cm³/mol. The fraction of sp³-hybridized carbons (Fsp3) is 0.286. The average Bonchev–Trinajstić information content (AvgIpc) is 3.13. The Bertz CT molecular complexity index is 1800. The number of carboxylic acids is 1. The number of carboxylic acid groups (broad SMARTS) is 1. The Balaban J connectivity index is 0.00000936. The van der Waals surface area contributed by atoms with Crippen molar-refractivity contribution in [3.05, 3.63) is 106 Å². The monoisotopic (exact) mass is 725 g/mol. The van der Waals surface area contributed by atoms with Gasteiger partial charge in [-0.05, 0) is 60.2 Å². The first-order valence-corrected chi connectivity index (χ1v) is 15.0. The van der Waals surface area contributed by atoms with Gasteiger partial charge in [-0.2, -0.15) is 11.8 Å². The summed E-state index contributed by atoms with van der Waals surface area (Å²) < 4.78 is 21.4. The van der Waals surface area contributed by atoms with Crippen molar-refractivity contribution in [1.82, 2.24) is 6.15 Å². The van der Waals surface area contributed by atoms with Gasteiger partial charge < -0.3 is 44.7 Å². The SMILES string of the molecule is CC(C)(COC(=O)c1ccc(C(=O)[O-])cc1)COC(=O)c1ccc(C(=O)OCC(C)(C)COC(=O)c2ccc(C(=O)ON)cc2C(=O)ON)cc1.[NH4+]. The van der Waals surface area contributed by atoms with Crippen LogP contribution in [-0.4, -0.2) is 68.2 Å². The topological polar surface area (TPSA) is 286 Å². The van der Waals surface area contributed by atoms with E-state index in [0.29, 0.717) is 0 Å². The summed E-state index contributed by atoms with van der Waals surface area (Å²) in [4.78, 5) is 93.4. The molecule has 0 aliphatic heterocycles. The Labute approximate surface area is 297 Å². The number of quaternary nitrogens is 1. The van der Waals surface area contributed by atoms with Crippen LogP contribution in [0.2, 0.25) is 0 Å². The molecule has 0 atom stereocenters. The zero-order valence-corrected chi connectivity index (χ0v) is 29.0. The van der Waals surface area contributed by atoms with Crippen molar-refractivity contribution < 1.29 is 67.3 Å². The van der Waals surface area contributed by atoms with Crippen LogP contribution in [0.5, 0.6) is 0 Å². The molecular weight excluding hydrogens is 686 g/mol. The molecule has 0 radical (unpaired) electrons. The molecule has 0 aromatic heterocycles. The number of esters is 4. The van der Waals surface area contributed by atoms with E-state index in [1.807, 2.05) is 0 Å². The summed E-state index contributed by atoms with van der Waals surface area (Å²) in [5, 5.41) is 10.9. The summed E-state index contributed by atoms with van der Waals surface area (Å²) in [6, 6.07) is 13.9.